The minimum atomic E-state index is 0.525. The van der Waals surface area contributed by atoms with Crippen LogP contribution < -0.4 is 10.1 Å². The maximum Gasteiger partial charge on any atom is 0.180 e. The number of nitrogens with one attached hydrogen (secondary N) is 1. The number of hydrogen-bond acceptors (Lipinski definition) is 8. The molecule has 0 saturated heterocycles. The molecule has 4 aromatic rings. The predicted molar refractivity (Wildman–Crippen MR) is 122 cm³/mol. The fraction of sp³-hybridized carbons (Fsp3) is 0.208. The van der Waals surface area contributed by atoms with Gasteiger partial charge in [-0.05, 0) is 48.9 Å². The van der Waals surface area contributed by atoms with Crippen LogP contribution in [-0.4, -0.2) is 45.2 Å². The van der Waals surface area contributed by atoms with Crippen molar-refractivity contribution in [3.8, 4) is 17.3 Å². The molecule has 32 heavy (non-hydrogen) atoms. The second-order valence-electron chi connectivity index (χ2n) is 7.07. The third kappa shape index (κ3) is 5.83. The summed E-state index contributed by atoms with van der Waals surface area (Å²) in [4.78, 5) is 22.4. The zero-order valence-corrected chi connectivity index (χ0v) is 18.0. The number of nitrogens with zero attached hydrogens (tertiary/aromatic N) is 5. The fourth-order valence-corrected chi connectivity index (χ4v) is 3.03. The maximum absolute atomic E-state index is 5.60. The van der Waals surface area contributed by atoms with Gasteiger partial charge in [-0.3, -0.25) is 0 Å². The fourth-order valence-electron chi connectivity index (χ4n) is 3.03. The topological polar surface area (TPSA) is 94.9 Å². The zero-order valence-electron chi connectivity index (χ0n) is 18.0. The van der Waals surface area contributed by atoms with Crippen LogP contribution in [0.5, 0.6) is 5.75 Å². The third-order valence-corrected chi connectivity index (χ3v) is 4.58. The van der Waals surface area contributed by atoms with Crippen LogP contribution in [0.25, 0.3) is 11.5 Å². The van der Waals surface area contributed by atoms with Crippen molar-refractivity contribution in [2.75, 3.05) is 25.6 Å². The summed E-state index contributed by atoms with van der Waals surface area (Å²) in [7, 11) is 1.65. The summed E-state index contributed by atoms with van der Waals surface area (Å²) in [6, 6.07) is 17.3. The number of ether oxygens (including phenoxy) is 2. The van der Waals surface area contributed by atoms with Crippen LogP contribution in [0.15, 0.2) is 67.0 Å². The third-order valence-electron chi connectivity index (χ3n) is 4.58. The first kappa shape index (κ1) is 21.3. The van der Waals surface area contributed by atoms with E-state index in [4.69, 9.17) is 9.47 Å². The first-order valence-corrected chi connectivity index (χ1v) is 10.3. The summed E-state index contributed by atoms with van der Waals surface area (Å²) >= 11 is 0. The van der Waals surface area contributed by atoms with Gasteiger partial charge in [0.25, 0.3) is 0 Å². The average Bonchev–Trinajstić information content (AvgIpc) is 2.81. The average molecular weight is 428 g/mol. The van der Waals surface area contributed by atoms with Gasteiger partial charge in [-0.2, -0.15) is 0 Å². The summed E-state index contributed by atoms with van der Waals surface area (Å²) in [5.41, 5.74) is 2.74. The molecule has 0 fully saturated rings. The highest BCUT2D eigenvalue weighted by Crippen LogP contribution is 2.18. The van der Waals surface area contributed by atoms with Crippen molar-refractivity contribution in [3.05, 3.63) is 84.1 Å². The van der Waals surface area contributed by atoms with E-state index >= 15 is 0 Å². The molecule has 3 heterocycles. The van der Waals surface area contributed by atoms with E-state index in [9.17, 15) is 0 Å². The number of pyridine rings is 1. The molecule has 0 saturated carbocycles. The van der Waals surface area contributed by atoms with Gasteiger partial charge in [0.05, 0.1) is 6.61 Å². The summed E-state index contributed by atoms with van der Waals surface area (Å²) < 4.78 is 10.6. The van der Waals surface area contributed by atoms with Gasteiger partial charge in [-0.25, -0.2) is 24.9 Å². The van der Waals surface area contributed by atoms with Crippen LogP contribution in [0.4, 0.5) is 11.6 Å². The molecular weight excluding hydrogens is 404 g/mol. The Balaban J connectivity index is 1.43. The quantitative estimate of drug-likeness (QED) is 0.400. The number of hydrogen-bond donors (Lipinski definition) is 1. The Morgan fingerprint density at radius 2 is 1.59 bits per heavy atom. The molecule has 0 unspecified atom stereocenters. The lowest BCUT2D eigenvalue weighted by Crippen LogP contribution is -2.04. The van der Waals surface area contributed by atoms with E-state index in [0.717, 1.165) is 22.7 Å². The molecule has 0 atom stereocenters. The molecule has 4 rings (SSSR count). The SMILES string of the molecule is COCCOc1ccc(Cc2nccc(Nc3ccnc(-c4cccc(C)n4)n3)n2)cc1. The molecule has 0 spiro atoms. The highest BCUT2D eigenvalue weighted by Gasteiger charge is 2.07. The molecule has 8 nitrogen and oxygen atoms in total. The smallest absolute Gasteiger partial charge is 0.180 e. The first-order valence-electron chi connectivity index (χ1n) is 10.3. The molecule has 162 valence electrons. The Kier molecular flexibility index (Phi) is 6.94. The van der Waals surface area contributed by atoms with Gasteiger partial charge >= 0.3 is 0 Å². The predicted octanol–water partition coefficient (Wildman–Crippen LogP) is 4.00. The van der Waals surface area contributed by atoms with Crippen molar-refractivity contribution >= 4 is 11.6 Å². The molecule has 0 radical (unpaired) electrons. The maximum atomic E-state index is 5.60. The van der Waals surface area contributed by atoms with Gasteiger partial charge in [0.1, 0.15) is 35.5 Å². The van der Waals surface area contributed by atoms with Crippen molar-refractivity contribution in [2.45, 2.75) is 13.3 Å². The molecule has 0 aliphatic heterocycles. The summed E-state index contributed by atoms with van der Waals surface area (Å²) in [5, 5.41) is 3.23. The number of anilines is 2. The van der Waals surface area contributed by atoms with Crippen LogP contribution in [0.1, 0.15) is 17.1 Å². The van der Waals surface area contributed by atoms with Gasteiger partial charge in [0, 0.05) is 31.6 Å². The first-order chi connectivity index (χ1) is 15.7. The molecular formula is C24H24N6O2. The molecule has 3 aromatic heterocycles. The second-order valence-corrected chi connectivity index (χ2v) is 7.07. The minimum Gasteiger partial charge on any atom is -0.491 e. The van der Waals surface area contributed by atoms with Gasteiger partial charge in [-0.1, -0.05) is 18.2 Å². The van der Waals surface area contributed by atoms with E-state index in [-0.39, 0.29) is 0 Å². The second kappa shape index (κ2) is 10.4. The molecule has 0 aliphatic carbocycles. The van der Waals surface area contributed by atoms with E-state index in [0.29, 0.717) is 42.9 Å². The van der Waals surface area contributed by atoms with Gasteiger partial charge in [0.15, 0.2) is 5.82 Å². The van der Waals surface area contributed by atoms with Crippen molar-refractivity contribution in [3.63, 3.8) is 0 Å². The van der Waals surface area contributed by atoms with Crippen LogP contribution in [-0.2, 0) is 11.2 Å². The summed E-state index contributed by atoms with van der Waals surface area (Å²) in [6.45, 7) is 3.03. The summed E-state index contributed by atoms with van der Waals surface area (Å²) in [6.07, 6.45) is 4.04. The van der Waals surface area contributed by atoms with E-state index in [1.807, 2.05) is 55.5 Å². The number of rotatable bonds is 9. The molecule has 1 aromatic carbocycles. The van der Waals surface area contributed by atoms with Crippen molar-refractivity contribution in [2.24, 2.45) is 0 Å². The number of aryl methyl sites for hydroxylation is 1. The standard InChI is InChI=1S/C24H24N6O2/c1-17-4-3-5-20(27-17)24-26-13-11-22(30-24)28-21-10-12-25-23(29-21)16-18-6-8-19(9-7-18)32-15-14-31-2/h3-13H,14-16H2,1-2H3,(H,25,26,28,29,30). The van der Waals surface area contributed by atoms with Gasteiger partial charge in [0.2, 0.25) is 0 Å². The van der Waals surface area contributed by atoms with Gasteiger partial charge < -0.3 is 14.8 Å². The highest BCUT2D eigenvalue weighted by atomic mass is 16.5. The Bertz CT molecular complexity index is 1170. The van der Waals surface area contributed by atoms with Crippen LogP contribution in [0.2, 0.25) is 0 Å². The van der Waals surface area contributed by atoms with Crippen LogP contribution >= 0.6 is 0 Å². The van der Waals surface area contributed by atoms with Crippen molar-refractivity contribution in [1.29, 1.82) is 0 Å². The largest absolute Gasteiger partial charge is 0.491 e. The van der Waals surface area contributed by atoms with Crippen LogP contribution in [0.3, 0.4) is 0 Å². The molecule has 8 heteroatoms. The number of methoxy groups -OCH3 is 1. The molecule has 0 aliphatic rings. The van der Waals surface area contributed by atoms with Crippen molar-refractivity contribution < 1.29 is 9.47 Å². The lowest BCUT2D eigenvalue weighted by atomic mass is 10.1. The Hall–Kier alpha value is -3.91. The Morgan fingerprint density at radius 3 is 2.38 bits per heavy atom. The molecule has 1 N–H and O–H groups in total. The Labute approximate surface area is 186 Å². The number of aromatic nitrogens is 5. The normalized spacial score (nSPS) is 10.7. The van der Waals surface area contributed by atoms with E-state index in [2.05, 4.69) is 30.2 Å². The van der Waals surface area contributed by atoms with Crippen LogP contribution in [0, 0.1) is 6.92 Å². The molecule has 0 amide bonds. The zero-order chi connectivity index (χ0) is 22.2. The highest BCUT2D eigenvalue weighted by molar-refractivity contribution is 5.56. The number of benzene rings is 1. The lowest BCUT2D eigenvalue weighted by Gasteiger charge is -2.08. The minimum absolute atomic E-state index is 0.525. The van der Waals surface area contributed by atoms with Crippen molar-refractivity contribution in [1.82, 2.24) is 24.9 Å². The van der Waals surface area contributed by atoms with E-state index in [1.54, 1.807) is 25.6 Å². The van der Waals surface area contributed by atoms with E-state index < -0.39 is 0 Å². The van der Waals surface area contributed by atoms with Gasteiger partial charge in [-0.15, -0.1) is 0 Å². The lowest BCUT2D eigenvalue weighted by molar-refractivity contribution is 0.146. The summed E-state index contributed by atoms with van der Waals surface area (Å²) in [5.74, 6) is 3.38. The molecule has 0 bridgehead atoms. The monoisotopic (exact) mass is 428 g/mol. The van der Waals surface area contributed by atoms with E-state index in [1.165, 1.54) is 0 Å². The Morgan fingerprint density at radius 1 is 0.812 bits per heavy atom.